The minimum Gasteiger partial charge on any atom is -0.393 e. The van der Waals surface area contributed by atoms with Crippen LogP contribution in [0.2, 0.25) is 0 Å². The molecular weight excluding hydrogens is 321 g/mol. The van der Waals surface area contributed by atoms with Crippen LogP contribution in [0, 0.1) is 5.92 Å². The number of aliphatic hydroxyl groups is 2. The predicted molar refractivity (Wildman–Crippen MR) is 73.1 cm³/mol. The first-order chi connectivity index (χ1) is 7.15. The minimum atomic E-state index is -0.342. The predicted octanol–water partition coefficient (Wildman–Crippen LogP) is -0.373. The summed E-state index contributed by atoms with van der Waals surface area (Å²) in [5.74, 6) is 1.43. The van der Waals surface area contributed by atoms with E-state index in [0.717, 1.165) is 25.3 Å². The van der Waals surface area contributed by atoms with Gasteiger partial charge in [0.2, 0.25) is 0 Å². The molecule has 0 radical (unpaired) electrons. The lowest BCUT2D eigenvalue weighted by molar-refractivity contribution is 0.0445. The van der Waals surface area contributed by atoms with Crippen LogP contribution in [0.15, 0.2) is 4.99 Å². The molecule has 1 saturated carbocycles. The third kappa shape index (κ3) is 3.46. The van der Waals surface area contributed by atoms with Gasteiger partial charge in [-0.2, -0.15) is 0 Å². The van der Waals surface area contributed by atoms with Crippen LogP contribution >= 0.6 is 24.0 Å². The highest BCUT2D eigenvalue weighted by molar-refractivity contribution is 14.0. The summed E-state index contributed by atoms with van der Waals surface area (Å²) in [6.45, 7) is 2.00. The van der Waals surface area contributed by atoms with Crippen molar-refractivity contribution >= 4 is 29.9 Å². The molecule has 1 aliphatic carbocycles. The molecule has 0 aromatic heterocycles. The van der Waals surface area contributed by atoms with E-state index in [1.165, 1.54) is 0 Å². The van der Waals surface area contributed by atoms with Gasteiger partial charge in [-0.25, -0.2) is 0 Å². The average molecular weight is 341 g/mol. The van der Waals surface area contributed by atoms with Crippen molar-refractivity contribution in [1.29, 1.82) is 0 Å². The van der Waals surface area contributed by atoms with Crippen LogP contribution in [0.25, 0.3) is 0 Å². The molecule has 3 N–H and O–H groups in total. The second-order valence-electron chi connectivity index (χ2n) is 4.57. The van der Waals surface area contributed by atoms with Gasteiger partial charge < -0.3 is 20.4 Å². The SMILES string of the molecule is CN1CC(O)CN=C1NCC1CC(O)C1.I. The fraction of sp³-hybridized carbons (Fsp3) is 0.900. The molecule has 0 aromatic carbocycles. The summed E-state index contributed by atoms with van der Waals surface area (Å²) in [6, 6.07) is 0. The third-order valence-corrected chi connectivity index (χ3v) is 3.06. The number of nitrogens with one attached hydrogen (secondary N) is 1. The molecule has 1 unspecified atom stereocenters. The molecule has 1 fully saturated rings. The van der Waals surface area contributed by atoms with Crippen LogP contribution in [0.5, 0.6) is 0 Å². The monoisotopic (exact) mass is 341 g/mol. The number of halogens is 1. The Kier molecular flexibility index (Phi) is 5.26. The Hall–Kier alpha value is -0.0800. The molecule has 1 heterocycles. The standard InChI is InChI=1S/C10H19N3O2.HI/c1-13-6-9(15)5-12-10(13)11-4-7-2-8(14)3-7;/h7-9,14-15H,2-6H2,1H3,(H,11,12);1H. The highest BCUT2D eigenvalue weighted by atomic mass is 127. The van der Waals surface area contributed by atoms with E-state index in [9.17, 15) is 5.11 Å². The average Bonchev–Trinajstić information content (AvgIpc) is 2.13. The lowest BCUT2D eigenvalue weighted by Crippen LogP contribution is -2.49. The van der Waals surface area contributed by atoms with E-state index in [1.807, 2.05) is 11.9 Å². The van der Waals surface area contributed by atoms with Gasteiger partial charge in [-0.1, -0.05) is 0 Å². The molecule has 0 bridgehead atoms. The first-order valence-corrected chi connectivity index (χ1v) is 5.50. The van der Waals surface area contributed by atoms with Crippen molar-refractivity contribution in [1.82, 2.24) is 10.2 Å². The maximum Gasteiger partial charge on any atom is 0.193 e. The highest BCUT2D eigenvalue weighted by Gasteiger charge is 2.27. The van der Waals surface area contributed by atoms with Gasteiger partial charge >= 0.3 is 0 Å². The minimum absolute atomic E-state index is 0. The van der Waals surface area contributed by atoms with Crippen LogP contribution in [0.3, 0.4) is 0 Å². The quantitative estimate of drug-likeness (QED) is 0.600. The summed E-state index contributed by atoms with van der Waals surface area (Å²) in [5.41, 5.74) is 0. The Morgan fingerprint density at radius 3 is 2.62 bits per heavy atom. The molecule has 1 atom stereocenters. The normalized spacial score (nSPS) is 33.6. The molecule has 0 amide bonds. The van der Waals surface area contributed by atoms with E-state index in [4.69, 9.17) is 5.11 Å². The van der Waals surface area contributed by atoms with Gasteiger partial charge in [-0.15, -0.1) is 24.0 Å². The van der Waals surface area contributed by atoms with Crippen molar-refractivity contribution in [3.8, 4) is 0 Å². The smallest absolute Gasteiger partial charge is 0.193 e. The van der Waals surface area contributed by atoms with Gasteiger partial charge in [0.15, 0.2) is 5.96 Å². The number of likely N-dealkylation sites (N-methyl/N-ethyl adjacent to an activating group) is 1. The molecular formula is C10H20IN3O2. The van der Waals surface area contributed by atoms with Crippen molar-refractivity contribution in [3.63, 3.8) is 0 Å². The Morgan fingerprint density at radius 1 is 1.38 bits per heavy atom. The van der Waals surface area contributed by atoms with E-state index in [-0.39, 0.29) is 36.2 Å². The second-order valence-corrected chi connectivity index (χ2v) is 4.57. The van der Waals surface area contributed by atoms with Gasteiger partial charge in [-0.05, 0) is 18.8 Å². The lowest BCUT2D eigenvalue weighted by Gasteiger charge is -2.34. The van der Waals surface area contributed by atoms with E-state index < -0.39 is 0 Å². The molecule has 2 aliphatic rings. The van der Waals surface area contributed by atoms with E-state index >= 15 is 0 Å². The van der Waals surface area contributed by atoms with Crippen molar-refractivity contribution < 1.29 is 10.2 Å². The molecule has 94 valence electrons. The summed E-state index contributed by atoms with van der Waals surface area (Å²) in [6.07, 6.45) is 1.36. The molecule has 16 heavy (non-hydrogen) atoms. The fourth-order valence-corrected chi connectivity index (χ4v) is 2.07. The number of hydrogen-bond acceptors (Lipinski definition) is 5. The summed E-state index contributed by atoms with van der Waals surface area (Å²) < 4.78 is 0. The van der Waals surface area contributed by atoms with E-state index in [2.05, 4.69) is 10.3 Å². The molecule has 2 rings (SSSR count). The topological polar surface area (TPSA) is 68.1 Å². The van der Waals surface area contributed by atoms with Crippen LogP contribution in [0.4, 0.5) is 0 Å². The maximum absolute atomic E-state index is 9.36. The van der Waals surface area contributed by atoms with Crippen molar-refractivity contribution in [2.75, 3.05) is 26.7 Å². The highest BCUT2D eigenvalue weighted by Crippen LogP contribution is 2.26. The molecule has 5 nitrogen and oxygen atoms in total. The third-order valence-electron chi connectivity index (χ3n) is 3.06. The van der Waals surface area contributed by atoms with Crippen LogP contribution in [-0.2, 0) is 0 Å². The first kappa shape index (κ1) is 14.0. The zero-order valence-corrected chi connectivity index (χ0v) is 11.8. The first-order valence-electron chi connectivity index (χ1n) is 5.50. The number of rotatable bonds is 2. The van der Waals surface area contributed by atoms with Gasteiger partial charge in [0.1, 0.15) is 0 Å². The number of aliphatic imine (C=N–C) groups is 1. The van der Waals surface area contributed by atoms with Gasteiger partial charge in [0.05, 0.1) is 18.8 Å². The van der Waals surface area contributed by atoms with E-state index in [0.29, 0.717) is 19.0 Å². The van der Waals surface area contributed by atoms with Crippen molar-refractivity contribution in [2.24, 2.45) is 10.9 Å². The summed E-state index contributed by atoms with van der Waals surface area (Å²) >= 11 is 0. The second kappa shape index (κ2) is 6.02. The molecule has 6 heteroatoms. The van der Waals surface area contributed by atoms with E-state index in [1.54, 1.807) is 0 Å². The molecule has 0 spiro atoms. The Bertz CT molecular complexity index is 256. The van der Waals surface area contributed by atoms with Gasteiger partial charge in [-0.3, -0.25) is 4.99 Å². The Morgan fingerprint density at radius 2 is 2.06 bits per heavy atom. The molecule has 0 aromatic rings. The van der Waals surface area contributed by atoms with Gasteiger partial charge in [0.25, 0.3) is 0 Å². The van der Waals surface area contributed by atoms with Crippen molar-refractivity contribution in [2.45, 2.75) is 25.0 Å². The van der Waals surface area contributed by atoms with Crippen LogP contribution in [-0.4, -0.2) is 60.0 Å². The Labute approximate surface area is 113 Å². The molecule has 1 aliphatic heterocycles. The molecule has 0 saturated heterocycles. The maximum atomic E-state index is 9.36. The zero-order valence-electron chi connectivity index (χ0n) is 9.46. The Balaban J connectivity index is 0.00000128. The van der Waals surface area contributed by atoms with Crippen molar-refractivity contribution in [3.05, 3.63) is 0 Å². The lowest BCUT2D eigenvalue weighted by atomic mass is 9.82. The number of aliphatic hydroxyl groups excluding tert-OH is 2. The summed E-state index contributed by atoms with van der Waals surface area (Å²) in [5, 5.41) is 21.8. The number of hydrogen-bond donors (Lipinski definition) is 3. The van der Waals surface area contributed by atoms with Crippen LogP contribution in [0.1, 0.15) is 12.8 Å². The summed E-state index contributed by atoms with van der Waals surface area (Å²) in [7, 11) is 1.92. The number of guanidine groups is 1. The largest absolute Gasteiger partial charge is 0.393 e. The zero-order chi connectivity index (χ0) is 10.8. The van der Waals surface area contributed by atoms with Crippen LogP contribution < -0.4 is 5.32 Å². The summed E-state index contributed by atoms with van der Waals surface area (Å²) in [4.78, 5) is 6.19. The number of nitrogens with zero attached hydrogens (tertiary/aromatic N) is 2. The van der Waals surface area contributed by atoms with Gasteiger partial charge in [0, 0.05) is 20.1 Å². The number of β-amino-alcohol motifs (C(OH)–C–C–N with tert-alkyl or cyclic N) is 1. The fourth-order valence-electron chi connectivity index (χ4n) is 2.07.